The Balaban J connectivity index is 3.86. The third-order valence-corrected chi connectivity index (χ3v) is 2.81. The summed E-state index contributed by atoms with van der Waals surface area (Å²) in [7, 11) is -5.15. The van der Waals surface area contributed by atoms with E-state index in [1.165, 1.54) is 0 Å². The zero-order valence-corrected chi connectivity index (χ0v) is 9.43. The first-order valence-corrected chi connectivity index (χ1v) is 5.58. The number of hydrogen-bond donors (Lipinski definition) is 1. The largest absolute Gasteiger partial charge is 0.352 e. The number of nitrogens with zero attached hydrogens (tertiary/aromatic N) is 3. The van der Waals surface area contributed by atoms with Gasteiger partial charge in [-0.1, -0.05) is 0 Å². The number of nitro groups is 3. The molecule has 0 spiro atoms. The van der Waals surface area contributed by atoms with Crippen LogP contribution in [0.2, 0.25) is 0 Å². The van der Waals surface area contributed by atoms with Gasteiger partial charge in [-0.2, -0.15) is 8.42 Å². The summed E-state index contributed by atoms with van der Waals surface area (Å²) in [6.07, 6.45) is 0. The average Bonchev–Trinajstić information content (AvgIpc) is 2.25. The third-order valence-electron chi connectivity index (χ3n) is 1.92. The lowest BCUT2D eigenvalue weighted by Crippen LogP contribution is -2.06. The molecule has 0 aliphatic heterocycles. The molecule has 19 heavy (non-hydrogen) atoms. The first-order chi connectivity index (χ1) is 8.55. The van der Waals surface area contributed by atoms with E-state index in [2.05, 4.69) is 0 Å². The SMILES string of the molecule is O=[N+]([O-])c1cc([N+](=O)[O-])c(S(=O)(=O)O)cc1[N+](=O)[O-]. The van der Waals surface area contributed by atoms with Gasteiger partial charge in [0.2, 0.25) is 0 Å². The van der Waals surface area contributed by atoms with Crippen molar-refractivity contribution < 1.29 is 27.7 Å². The smallest absolute Gasteiger partial charge is 0.282 e. The summed E-state index contributed by atoms with van der Waals surface area (Å²) in [4.78, 5) is 26.3. The maximum absolute atomic E-state index is 10.9. The van der Waals surface area contributed by atoms with Crippen LogP contribution in [-0.4, -0.2) is 27.7 Å². The molecule has 12 nitrogen and oxygen atoms in total. The van der Waals surface area contributed by atoms with Crippen LogP contribution < -0.4 is 0 Å². The Labute approximate surface area is 103 Å². The van der Waals surface area contributed by atoms with Crippen LogP contribution in [0, 0.1) is 30.3 Å². The van der Waals surface area contributed by atoms with Gasteiger partial charge in [0, 0.05) is 0 Å². The van der Waals surface area contributed by atoms with Gasteiger partial charge >= 0.3 is 21.5 Å². The Kier molecular flexibility index (Phi) is 3.44. The summed E-state index contributed by atoms with van der Waals surface area (Å²) in [5.74, 6) is 0. The lowest BCUT2D eigenvalue weighted by atomic mass is 10.2. The van der Waals surface area contributed by atoms with Crippen LogP contribution in [0.15, 0.2) is 17.0 Å². The Bertz CT molecular complexity index is 694. The number of nitro benzene ring substituents is 3. The topological polar surface area (TPSA) is 184 Å². The molecule has 1 rings (SSSR count). The Morgan fingerprint density at radius 3 is 1.53 bits per heavy atom. The molecule has 0 atom stereocenters. The average molecular weight is 293 g/mol. The van der Waals surface area contributed by atoms with Crippen molar-refractivity contribution in [3.8, 4) is 0 Å². The van der Waals surface area contributed by atoms with Crippen LogP contribution in [0.25, 0.3) is 0 Å². The predicted molar refractivity (Wildman–Crippen MR) is 56.2 cm³/mol. The molecule has 0 heterocycles. The summed E-state index contributed by atoms with van der Waals surface area (Å²) in [6, 6.07) is 0.160. The van der Waals surface area contributed by atoms with E-state index in [1.807, 2.05) is 0 Å². The van der Waals surface area contributed by atoms with E-state index >= 15 is 0 Å². The van der Waals surface area contributed by atoms with Crippen LogP contribution in [-0.2, 0) is 10.1 Å². The van der Waals surface area contributed by atoms with Gasteiger partial charge in [-0.25, -0.2) is 0 Å². The second-order valence-electron chi connectivity index (χ2n) is 3.06. The number of rotatable bonds is 4. The Morgan fingerprint density at radius 2 is 1.21 bits per heavy atom. The fraction of sp³-hybridized carbons (Fsp3) is 0. The number of hydrogen-bond acceptors (Lipinski definition) is 8. The van der Waals surface area contributed by atoms with Gasteiger partial charge in [-0.3, -0.25) is 34.9 Å². The molecule has 13 heteroatoms. The zero-order chi connectivity index (χ0) is 15.0. The van der Waals surface area contributed by atoms with Gasteiger partial charge in [0.25, 0.3) is 5.69 Å². The van der Waals surface area contributed by atoms with Crippen molar-refractivity contribution in [2.24, 2.45) is 0 Å². The summed E-state index contributed by atoms with van der Waals surface area (Å²) < 4.78 is 30.5. The molecule has 0 bridgehead atoms. The highest BCUT2D eigenvalue weighted by Gasteiger charge is 2.35. The van der Waals surface area contributed by atoms with Crippen LogP contribution in [0.4, 0.5) is 17.1 Å². The van der Waals surface area contributed by atoms with Gasteiger partial charge < -0.3 is 0 Å². The van der Waals surface area contributed by atoms with E-state index in [9.17, 15) is 38.8 Å². The minimum absolute atomic E-state index is 0.0611. The highest BCUT2D eigenvalue weighted by Crippen LogP contribution is 2.36. The van der Waals surface area contributed by atoms with E-state index in [4.69, 9.17) is 4.55 Å². The number of benzene rings is 1. The first-order valence-electron chi connectivity index (χ1n) is 4.14. The van der Waals surface area contributed by atoms with E-state index in [-0.39, 0.29) is 12.1 Å². The highest BCUT2D eigenvalue weighted by molar-refractivity contribution is 7.86. The maximum atomic E-state index is 10.9. The van der Waals surface area contributed by atoms with E-state index in [0.29, 0.717) is 0 Å². The molecular weight excluding hydrogens is 290 g/mol. The second kappa shape index (κ2) is 4.54. The molecule has 0 fully saturated rings. The minimum atomic E-state index is -5.15. The molecule has 1 N–H and O–H groups in total. The van der Waals surface area contributed by atoms with Crippen LogP contribution >= 0.6 is 0 Å². The lowest BCUT2D eigenvalue weighted by Gasteiger charge is -2.00. The molecule has 0 aliphatic carbocycles. The van der Waals surface area contributed by atoms with Crippen LogP contribution in [0.5, 0.6) is 0 Å². The third kappa shape index (κ3) is 2.78. The van der Waals surface area contributed by atoms with Crippen molar-refractivity contribution in [2.75, 3.05) is 0 Å². The quantitative estimate of drug-likeness (QED) is 0.472. The second-order valence-corrected chi connectivity index (χ2v) is 4.45. The van der Waals surface area contributed by atoms with Crippen molar-refractivity contribution in [2.45, 2.75) is 4.90 Å². The summed E-state index contributed by atoms with van der Waals surface area (Å²) in [5.41, 5.74) is -3.88. The first kappa shape index (κ1) is 14.4. The monoisotopic (exact) mass is 293 g/mol. The van der Waals surface area contributed by atoms with Gasteiger partial charge in [-0.15, -0.1) is 0 Å². The van der Waals surface area contributed by atoms with E-state index in [0.717, 1.165) is 0 Å². The molecule has 0 aromatic heterocycles. The van der Waals surface area contributed by atoms with Crippen molar-refractivity contribution in [3.05, 3.63) is 42.5 Å². The van der Waals surface area contributed by atoms with Crippen LogP contribution in [0.3, 0.4) is 0 Å². The Morgan fingerprint density at radius 1 is 0.842 bits per heavy atom. The minimum Gasteiger partial charge on any atom is -0.282 e. The standard InChI is InChI=1S/C6H3N3O9S/c10-7(11)3-1-5(9(14)15)6(19(16,17)18)2-4(3)8(12)13/h1-2H,(H,16,17,18). The summed E-state index contributed by atoms with van der Waals surface area (Å²) >= 11 is 0. The fourth-order valence-electron chi connectivity index (χ4n) is 1.19. The van der Waals surface area contributed by atoms with Gasteiger partial charge in [0.15, 0.2) is 4.90 Å². The van der Waals surface area contributed by atoms with Crippen molar-refractivity contribution in [3.63, 3.8) is 0 Å². The van der Waals surface area contributed by atoms with Crippen molar-refractivity contribution in [1.29, 1.82) is 0 Å². The fourth-order valence-corrected chi connectivity index (χ4v) is 1.85. The molecule has 1 aromatic carbocycles. The summed E-state index contributed by atoms with van der Waals surface area (Å²) in [6.45, 7) is 0. The highest BCUT2D eigenvalue weighted by atomic mass is 32.2. The molecule has 0 unspecified atom stereocenters. The van der Waals surface area contributed by atoms with Gasteiger partial charge in [0.05, 0.1) is 20.8 Å². The molecular formula is C6H3N3O9S. The van der Waals surface area contributed by atoms with E-state index < -0.39 is 46.8 Å². The molecule has 0 amide bonds. The predicted octanol–water partition coefficient (Wildman–Crippen LogP) is 0.658. The normalized spacial score (nSPS) is 11.0. The molecule has 0 radical (unpaired) electrons. The molecule has 1 aromatic rings. The van der Waals surface area contributed by atoms with Gasteiger partial charge in [-0.05, 0) is 0 Å². The molecule has 0 saturated carbocycles. The summed E-state index contributed by atoms with van der Waals surface area (Å²) in [5, 5.41) is 31.6. The van der Waals surface area contributed by atoms with Crippen molar-refractivity contribution in [1.82, 2.24) is 0 Å². The maximum Gasteiger partial charge on any atom is 0.352 e. The van der Waals surface area contributed by atoms with E-state index in [1.54, 1.807) is 0 Å². The Hall–Kier alpha value is -2.67. The molecule has 0 saturated heterocycles. The van der Waals surface area contributed by atoms with Crippen LogP contribution in [0.1, 0.15) is 0 Å². The zero-order valence-electron chi connectivity index (χ0n) is 8.62. The van der Waals surface area contributed by atoms with Crippen molar-refractivity contribution >= 4 is 27.2 Å². The lowest BCUT2D eigenvalue weighted by molar-refractivity contribution is -0.425. The van der Waals surface area contributed by atoms with Gasteiger partial charge in [0.1, 0.15) is 6.07 Å². The molecule has 0 aliphatic rings. The molecule has 102 valence electrons.